The smallest absolute Gasteiger partial charge is 0.263 e. The van der Waals surface area contributed by atoms with E-state index >= 15 is 0 Å². The van der Waals surface area contributed by atoms with Crippen molar-refractivity contribution in [2.24, 2.45) is 0 Å². The van der Waals surface area contributed by atoms with Gasteiger partial charge in [-0.15, -0.1) is 0 Å². The van der Waals surface area contributed by atoms with Crippen LogP contribution >= 0.6 is 34.8 Å². The molecule has 0 aliphatic rings. The Hall–Kier alpha value is -2.21. The van der Waals surface area contributed by atoms with Gasteiger partial charge in [-0.1, -0.05) is 53.0 Å². The fourth-order valence-electron chi connectivity index (χ4n) is 2.21. The molecule has 134 valence electrons. The molecule has 0 atom stereocenters. The molecule has 0 aliphatic carbocycles. The summed E-state index contributed by atoms with van der Waals surface area (Å²) in [6.07, 6.45) is 1.63. The Morgan fingerprint density at radius 1 is 1.04 bits per heavy atom. The molecule has 0 spiro atoms. The lowest BCUT2D eigenvalue weighted by Crippen LogP contribution is -2.20. The number of amides is 1. The van der Waals surface area contributed by atoms with Crippen LogP contribution in [0.15, 0.2) is 54.7 Å². The molecular formula is C18H14Cl3N3O2. The maximum atomic E-state index is 12.0. The fourth-order valence-corrected chi connectivity index (χ4v) is 2.73. The second-order valence-electron chi connectivity index (χ2n) is 5.41. The summed E-state index contributed by atoms with van der Waals surface area (Å²) in [5, 5.41) is 8.47. The quantitative estimate of drug-likeness (QED) is 0.628. The second-order valence-corrected chi connectivity index (χ2v) is 6.66. The van der Waals surface area contributed by atoms with Crippen molar-refractivity contribution < 1.29 is 9.53 Å². The predicted octanol–water partition coefficient (Wildman–Crippen LogP) is 4.91. The summed E-state index contributed by atoms with van der Waals surface area (Å²) in [5.41, 5.74) is 0.900. The first-order valence-electron chi connectivity index (χ1n) is 7.66. The Balaban J connectivity index is 1.59. The Kier molecular flexibility index (Phi) is 6.04. The van der Waals surface area contributed by atoms with E-state index in [0.717, 1.165) is 5.56 Å². The van der Waals surface area contributed by atoms with Gasteiger partial charge in [0.25, 0.3) is 5.91 Å². The monoisotopic (exact) mass is 409 g/mol. The topological polar surface area (TPSA) is 56.1 Å². The van der Waals surface area contributed by atoms with Crippen LogP contribution in [0.25, 0.3) is 0 Å². The molecule has 5 nitrogen and oxygen atoms in total. The minimum absolute atomic E-state index is 0.171. The lowest BCUT2D eigenvalue weighted by atomic mass is 10.2. The molecule has 1 heterocycles. The molecule has 1 amide bonds. The molecule has 0 saturated carbocycles. The summed E-state index contributed by atoms with van der Waals surface area (Å²) < 4.78 is 7.00. The van der Waals surface area contributed by atoms with Crippen molar-refractivity contribution in [2.75, 3.05) is 11.9 Å². The number of rotatable bonds is 6. The third-order valence-corrected chi connectivity index (χ3v) is 4.35. The lowest BCUT2D eigenvalue weighted by Gasteiger charge is -2.06. The number of anilines is 1. The SMILES string of the molecule is O=C(COc1ccc(Cl)cc1)Nc1nn(Cc2ccccc2Cl)cc1Cl. The van der Waals surface area contributed by atoms with Crippen molar-refractivity contribution in [1.29, 1.82) is 0 Å². The number of carbonyl (C=O) groups excluding carboxylic acids is 1. The number of halogens is 3. The summed E-state index contributed by atoms with van der Waals surface area (Å²) in [4.78, 5) is 12.0. The van der Waals surface area contributed by atoms with Crippen molar-refractivity contribution in [3.05, 3.63) is 75.4 Å². The van der Waals surface area contributed by atoms with Crippen molar-refractivity contribution >= 4 is 46.5 Å². The Bertz CT molecular complexity index is 910. The van der Waals surface area contributed by atoms with Crippen LogP contribution in [0.1, 0.15) is 5.56 Å². The molecule has 1 N–H and O–H groups in total. The normalized spacial score (nSPS) is 10.6. The van der Waals surface area contributed by atoms with Crippen molar-refractivity contribution in [3.63, 3.8) is 0 Å². The Morgan fingerprint density at radius 3 is 2.50 bits per heavy atom. The minimum Gasteiger partial charge on any atom is -0.484 e. The number of hydrogen-bond donors (Lipinski definition) is 1. The zero-order valence-corrected chi connectivity index (χ0v) is 15.7. The molecule has 8 heteroatoms. The standard InChI is InChI=1S/C18H14Cl3N3O2/c19-13-5-7-14(8-6-13)26-11-17(25)22-18-16(21)10-24(23-18)9-12-3-1-2-4-15(12)20/h1-8,10H,9,11H2,(H,22,23,25). The van der Waals surface area contributed by atoms with E-state index in [1.54, 1.807) is 41.2 Å². The summed E-state index contributed by atoms with van der Waals surface area (Å²) >= 11 is 18.1. The van der Waals surface area contributed by atoms with E-state index in [9.17, 15) is 4.79 Å². The number of ether oxygens (including phenoxy) is 1. The first-order chi connectivity index (χ1) is 12.5. The maximum Gasteiger partial charge on any atom is 0.263 e. The van der Waals surface area contributed by atoms with Crippen molar-refractivity contribution in [1.82, 2.24) is 9.78 Å². The number of benzene rings is 2. The average Bonchev–Trinajstić information content (AvgIpc) is 2.95. The molecule has 3 aromatic rings. The van der Waals surface area contributed by atoms with Crippen LogP contribution in [0.2, 0.25) is 15.1 Å². The van der Waals surface area contributed by atoms with Crippen LogP contribution in [0.3, 0.4) is 0 Å². The molecule has 0 saturated heterocycles. The summed E-state index contributed by atoms with van der Waals surface area (Å²) in [6, 6.07) is 14.2. The highest BCUT2D eigenvalue weighted by Gasteiger charge is 2.12. The molecule has 0 fully saturated rings. The number of hydrogen-bond acceptors (Lipinski definition) is 3. The van der Waals surface area contributed by atoms with Crippen molar-refractivity contribution in [2.45, 2.75) is 6.54 Å². The van der Waals surface area contributed by atoms with Gasteiger partial charge < -0.3 is 10.1 Å². The van der Waals surface area contributed by atoms with Gasteiger partial charge in [-0.25, -0.2) is 0 Å². The number of nitrogens with one attached hydrogen (secondary N) is 1. The van der Waals surface area contributed by atoms with Gasteiger partial charge in [0, 0.05) is 16.2 Å². The largest absolute Gasteiger partial charge is 0.484 e. The second kappa shape index (κ2) is 8.45. The van der Waals surface area contributed by atoms with Crippen LogP contribution in [0.5, 0.6) is 5.75 Å². The Morgan fingerprint density at radius 2 is 1.77 bits per heavy atom. The van der Waals surface area contributed by atoms with Gasteiger partial charge in [0.1, 0.15) is 10.8 Å². The van der Waals surface area contributed by atoms with Crippen molar-refractivity contribution in [3.8, 4) is 5.75 Å². The number of nitrogens with zero attached hydrogens (tertiary/aromatic N) is 2. The summed E-state index contributed by atoms with van der Waals surface area (Å²) in [7, 11) is 0. The zero-order valence-electron chi connectivity index (χ0n) is 13.5. The molecule has 1 aromatic heterocycles. The van der Waals surface area contributed by atoms with Gasteiger partial charge in [0.2, 0.25) is 0 Å². The van der Waals surface area contributed by atoms with E-state index in [2.05, 4.69) is 10.4 Å². The van der Waals surface area contributed by atoms with Gasteiger partial charge in [-0.2, -0.15) is 5.10 Å². The van der Waals surface area contributed by atoms with Crippen LogP contribution in [0.4, 0.5) is 5.82 Å². The van der Waals surface area contributed by atoms with Gasteiger partial charge in [-0.3, -0.25) is 9.48 Å². The molecule has 0 radical (unpaired) electrons. The van der Waals surface area contributed by atoms with E-state index in [0.29, 0.717) is 27.4 Å². The Labute approximate surface area is 165 Å². The summed E-state index contributed by atoms with van der Waals surface area (Å²) in [6.45, 7) is 0.270. The molecular weight excluding hydrogens is 397 g/mol. The van der Waals surface area contributed by atoms with Gasteiger partial charge in [-0.05, 0) is 35.9 Å². The van der Waals surface area contributed by atoms with E-state index in [4.69, 9.17) is 39.5 Å². The molecule has 0 bridgehead atoms. The third kappa shape index (κ3) is 4.91. The molecule has 0 aliphatic heterocycles. The lowest BCUT2D eigenvalue weighted by molar-refractivity contribution is -0.118. The van der Waals surface area contributed by atoms with E-state index in [-0.39, 0.29) is 18.3 Å². The highest BCUT2D eigenvalue weighted by atomic mass is 35.5. The van der Waals surface area contributed by atoms with Gasteiger partial charge in [0.15, 0.2) is 12.4 Å². The van der Waals surface area contributed by atoms with E-state index in [1.165, 1.54) is 0 Å². The predicted molar refractivity (Wildman–Crippen MR) is 103 cm³/mol. The fraction of sp³-hybridized carbons (Fsp3) is 0.111. The minimum atomic E-state index is -0.371. The average molecular weight is 411 g/mol. The first kappa shape index (κ1) is 18.6. The van der Waals surface area contributed by atoms with Gasteiger partial charge >= 0.3 is 0 Å². The highest BCUT2D eigenvalue weighted by molar-refractivity contribution is 6.33. The van der Waals surface area contributed by atoms with E-state index < -0.39 is 0 Å². The zero-order chi connectivity index (χ0) is 18.5. The molecule has 2 aromatic carbocycles. The number of aromatic nitrogens is 2. The molecule has 26 heavy (non-hydrogen) atoms. The first-order valence-corrected chi connectivity index (χ1v) is 8.79. The number of carbonyl (C=O) groups is 1. The highest BCUT2D eigenvalue weighted by Crippen LogP contribution is 2.22. The van der Waals surface area contributed by atoms with E-state index in [1.807, 2.05) is 18.2 Å². The van der Waals surface area contributed by atoms with Crippen LogP contribution < -0.4 is 10.1 Å². The van der Waals surface area contributed by atoms with Crippen LogP contribution in [-0.4, -0.2) is 22.3 Å². The molecule has 0 unspecified atom stereocenters. The maximum absolute atomic E-state index is 12.0. The third-order valence-electron chi connectivity index (χ3n) is 3.45. The van der Waals surface area contributed by atoms with Crippen LogP contribution in [-0.2, 0) is 11.3 Å². The van der Waals surface area contributed by atoms with Crippen LogP contribution in [0, 0.1) is 0 Å². The van der Waals surface area contributed by atoms with Gasteiger partial charge in [0.05, 0.1) is 6.54 Å². The summed E-state index contributed by atoms with van der Waals surface area (Å²) in [5.74, 6) is 0.438. The molecule has 3 rings (SSSR count).